The highest BCUT2D eigenvalue weighted by Crippen LogP contribution is 2.16. The van der Waals surface area contributed by atoms with E-state index in [-0.39, 0.29) is 0 Å². The zero-order chi connectivity index (χ0) is 10.7. The number of hydrogen-bond acceptors (Lipinski definition) is 4. The molecule has 1 aliphatic rings. The Labute approximate surface area is 90.5 Å². The van der Waals surface area contributed by atoms with Crippen LogP contribution >= 0.6 is 0 Å². The van der Waals surface area contributed by atoms with Gasteiger partial charge in [0.25, 0.3) is 0 Å². The molecule has 2 heterocycles. The summed E-state index contributed by atoms with van der Waals surface area (Å²) in [5.74, 6) is 0.686. The molecule has 4 nitrogen and oxygen atoms in total. The lowest BCUT2D eigenvalue weighted by Gasteiger charge is -2.34. The van der Waals surface area contributed by atoms with Gasteiger partial charge >= 0.3 is 0 Å². The van der Waals surface area contributed by atoms with Gasteiger partial charge in [0.1, 0.15) is 0 Å². The third-order valence-electron chi connectivity index (χ3n) is 2.77. The molecule has 2 rings (SSSR count). The van der Waals surface area contributed by atoms with Crippen LogP contribution in [0.1, 0.15) is 19.0 Å². The highest BCUT2D eigenvalue weighted by Gasteiger charge is 2.22. The molecule has 0 saturated carbocycles. The van der Waals surface area contributed by atoms with Crippen molar-refractivity contribution in [2.75, 3.05) is 13.1 Å². The van der Waals surface area contributed by atoms with Crippen LogP contribution in [0.2, 0.25) is 0 Å². The number of nitrogens with two attached hydrogens (primary N) is 1. The fourth-order valence-electron chi connectivity index (χ4n) is 2.28. The molecule has 82 valence electrons. The standard InChI is InChI=1S/C11H18N4/c1-9-4-10(12)7-15(6-9)8-11-5-13-2-3-14-11/h2-3,5,9-10H,4,6-8,12H2,1H3. The Morgan fingerprint density at radius 1 is 1.47 bits per heavy atom. The Kier molecular flexibility index (Phi) is 3.28. The van der Waals surface area contributed by atoms with E-state index in [1.165, 1.54) is 0 Å². The van der Waals surface area contributed by atoms with Crippen molar-refractivity contribution in [1.82, 2.24) is 14.9 Å². The van der Waals surface area contributed by atoms with E-state index in [4.69, 9.17) is 5.73 Å². The second-order valence-corrected chi connectivity index (χ2v) is 4.49. The molecule has 1 aromatic heterocycles. The molecule has 1 aromatic rings. The van der Waals surface area contributed by atoms with E-state index in [2.05, 4.69) is 21.8 Å². The van der Waals surface area contributed by atoms with Crippen LogP contribution in [0.15, 0.2) is 18.6 Å². The van der Waals surface area contributed by atoms with E-state index in [0.29, 0.717) is 12.0 Å². The van der Waals surface area contributed by atoms with Crippen LogP contribution in [0.3, 0.4) is 0 Å². The predicted molar refractivity (Wildman–Crippen MR) is 59.1 cm³/mol. The third-order valence-corrected chi connectivity index (χ3v) is 2.77. The van der Waals surface area contributed by atoms with Crippen molar-refractivity contribution >= 4 is 0 Å². The van der Waals surface area contributed by atoms with Crippen molar-refractivity contribution in [2.45, 2.75) is 25.9 Å². The van der Waals surface area contributed by atoms with Gasteiger partial charge in [-0.05, 0) is 12.3 Å². The minimum Gasteiger partial charge on any atom is -0.327 e. The molecule has 1 aliphatic heterocycles. The Morgan fingerprint density at radius 2 is 2.33 bits per heavy atom. The first kappa shape index (κ1) is 10.5. The quantitative estimate of drug-likeness (QED) is 0.771. The molecule has 1 saturated heterocycles. The summed E-state index contributed by atoms with van der Waals surface area (Å²) in [4.78, 5) is 10.7. The fourth-order valence-corrected chi connectivity index (χ4v) is 2.28. The van der Waals surface area contributed by atoms with Crippen LogP contribution in [-0.2, 0) is 6.54 Å². The molecule has 0 bridgehead atoms. The number of hydrogen-bond donors (Lipinski definition) is 1. The van der Waals surface area contributed by atoms with Crippen molar-refractivity contribution in [2.24, 2.45) is 11.7 Å². The maximum absolute atomic E-state index is 5.99. The number of likely N-dealkylation sites (tertiary alicyclic amines) is 1. The smallest absolute Gasteiger partial charge is 0.0726 e. The minimum atomic E-state index is 0.311. The zero-order valence-corrected chi connectivity index (χ0v) is 9.13. The van der Waals surface area contributed by atoms with E-state index in [1.807, 2.05) is 6.20 Å². The van der Waals surface area contributed by atoms with Crippen molar-refractivity contribution in [1.29, 1.82) is 0 Å². The molecule has 0 amide bonds. The van der Waals surface area contributed by atoms with Gasteiger partial charge in [-0.3, -0.25) is 14.9 Å². The number of rotatable bonds is 2. The summed E-state index contributed by atoms with van der Waals surface area (Å²) in [6, 6.07) is 0.311. The first-order valence-electron chi connectivity index (χ1n) is 5.47. The van der Waals surface area contributed by atoms with Gasteiger partial charge < -0.3 is 5.73 Å². The second kappa shape index (κ2) is 4.68. The Bertz CT molecular complexity index is 291. The summed E-state index contributed by atoms with van der Waals surface area (Å²) in [7, 11) is 0. The summed E-state index contributed by atoms with van der Waals surface area (Å²) >= 11 is 0. The molecular formula is C11H18N4. The molecular weight excluding hydrogens is 188 g/mol. The van der Waals surface area contributed by atoms with Crippen LogP contribution in [0.5, 0.6) is 0 Å². The SMILES string of the molecule is CC1CC(N)CN(Cc2cnccn2)C1. The maximum atomic E-state index is 5.99. The van der Waals surface area contributed by atoms with Gasteiger partial charge in [0.2, 0.25) is 0 Å². The van der Waals surface area contributed by atoms with Crippen LogP contribution in [0.25, 0.3) is 0 Å². The van der Waals surface area contributed by atoms with Crippen molar-refractivity contribution in [3.8, 4) is 0 Å². The fraction of sp³-hybridized carbons (Fsp3) is 0.636. The predicted octanol–water partition coefficient (Wildman–Crippen LogP) is 0.646. The Balaban J connectivity index is 1.94. The van der Waals surface area contributed by atoms with Crippen LogP contribution in [0.4, 0.5) is 0 Å². The average molecular weight is 206 g/mol. The molecule has 15 heavy (non-hydrogen) atoms. The lowest BCUT2D eigenvalue weighted by Crippen LogP contribution is -2.45. The van der Waals surface area contributed by atoms with Gasteiger partial charge in [-0.1, -0.05) is 6.92 Å². The van der Waals surface area contributed by atoms with E-state index >= 15 is 0 Å². The molecule has 2 atom stereocenters. The van der Waals surface area contributed by atoms with Crippen LogP contribution in [-0.4, -0.2) is 34.0 Å². The van der Waals surface area contributed by atoms with Crippen LogP contribution < -0.4 is 5.73 Å². The largest absolute Gasteiger partial charge is 0.327 e. The topological polar surface area (TPSA) is 55.0 Å². The summed E-state index contributed by atoms with van der Waals surface area (Å²) in [5.41, 5.74) is 7.02. The summed E-state index contributed by atoms with van der Waals surface area (Å²) in [6.07, 6.45) is 6.40. The van der Waals surface area contributed by atoms with Gasteiger partial charge in [-0.25, -0.2) is 0 Å². The summed E-state index contributed by atoms with van der Waals surface area (Å²) in [6.45, 7) is 5.21. The van der Waals surface area contributed by atoms with Gasteiger partial charge in [0.05, 0.1) is 5.69 Å². The maximum Gasteiger partial charge on any atom is 0.0726 e. The van der Waals surface area contributed by atoms with Gasteiger partial charge in [0.15, 0.2) is 0 Å². The monoisotopic (exact) mass is 206 g/mol. The van der Waals surface area contributed by atoms with Crippen molar-refractivity contribution in [3.05, 3.63) is 24.3 Å². The molecule has 1 fully saturated rings. The number of nitrogens with zero attached hydrogens (tertiary/aromatic N) is 3. The zero-order valence-electron chi connectivity index (χ0n) is 9.13. The van der Waals surface area contributed by atoms with E-state index in [0.717, 1.165) is 31.7 Å². The van der Waals surface area contributed by atoms with Crippen LogP contribution in [0, 0.1) is 5.92 Å². The molecule has 0 aromatic carbocycles. The molecule has 0 spiro atoms. The first-order chi connectivity index (χ1) is 7.24. The highest BCUT2D eigenvalue weighted by molar-refractivity contribution is 4.95. The van der Waals surface area contributed by atoms with Crippen molar-refractivity contribution in [3.63, 3.8) is 0 Å². The minimum absolute atomic E-state index is 0.311. The average Bonchev–Trinajstić information content (AvgIpc) is 2.17. The molecule has 0 radical (unpaired) electrons. The van der Waals surface area contributed by atoms with E-state index < -0.39 is 0 Å². The third kappa shape index (κ3) is 2.97. The molecule has 0 aliphatic carbocycles. The number of aromatic nitrogens is 2. The Hall–Kier alpha value is -1.00. The van der Waals surface area contributed by atoms with Gasteiger partial charge in [0, 0.05) is 44.3 Å². The first-order valence-corrected chi connectivity index (χ1v) is 5.47. The molecule has 2 unspecified atom stereocenters. The molecule has 2 N–H and O–H groups in total. The number of piperidine rings is 1. The summed E-state index contributed by atoms with van der Waals surface area (Å²) < 4.78 is 0. The second-order valence-electron chi connectivity index (χ2n) is 4.49. The van der Waals surface area contributed by atoms with E-state index in [1.54, 1.807) is 12.4 Å². The van der Waals surface area contributed by atoms with Gasteiger partial charge in [-0.15, -0.1) is 0 Å². The van der Waals surface area contributed by atoms with Crippen molar-refractivity contribution < 1.29 is 0 Å². The Morgan fingerprint density at radius 3 is 3.00 bits per heavy atom. The van der Waals surface area contributed by atoms with Gasteiger partial charge in [-0.2, -0.15) is 0 Å². The molecule has 4 heteroatoms. The van der Waals surface area contributed by atoms with E-state index in [9.17, 15) is 0 Å². The normalized spacial score (nSPS) is 27.9. The lowest BCUT2D eigenvalue weighted by molar-refractivity contribution is 0.156. The highest BCUT2D eigenvalue weighted by atomic mass is 15.2. The summed E-state index contributed by atoms with van der Waals surface area (Å²) in [5, 5.41) is 0. The lowest BCUT2D eigenvalue weighted by atomic mass is 9.96.